The SMILES string of the molecule is CCCCN(CCCC)CCCNC(=O)CC[C@@H](C)[C@H]1CCC2C3CCC4C[C@H](O)CC[C@]4(C)C3CC[C@@]21C. The third kappa shape index (κ3) is 7.07. The van der Waals surface area contributed by atoms with Crippen molar-refractivity contribution in [2.75, 3.05) is 26.2 Å². The summed E-state index contributed by atoms with van der Waals surface area (Å²) < 4.78 is 0. The lowest BCUT2D eigenvalue weighted by molar-refractivity contribution is -0.129. The second-order valence-corrected chi connectivity index (χ2v) is 15.1. The standard InChI is InChI=1S/C35H64N2O2/c1-6-8-22-37(23-9-7-2)24-10-21-36-33(39)16-11-26(3)30-14-15-31-29-13-12-27-25-28(38)17-19-34(27,4)32(29)18-20-35(30,31)5/h26-32,38H,6-25H2,1-5H3,(H,36,39)/t26-,27?,28-,29?,30-,31?,32?,34+,35-/m1/s1. The fourth-order valence-corrected chi connectivity index (χ4v) is 10.5. The first-order chi connectivity index (χ1) is 18.7. The van der Waals surface area contributed by atoms with Gasteiger partial charge in [-0.2, -0.15) is 0 Å². The lowest BCUT2D eigenvalue weighted by atomic mass is 9.44. The first kappa shape index (κ1) is 31.3. The summed E-state index contributed by atoms with van der Waals surface area (Å²) in [6.07, 6.45) is 19.5. The Morgan fingerprint density at radius 1 is 0.897 bits per heavy atom. The highest BCUT2D eigenvalue weighted by molar-refractivity contribution is 5.75. The Morgan fingerprint density at radius 2 is 1.56 bits per heavy atom. The van der Waals surface area contributed by atoms with Gasteiger partial charge in [-0.25, -0.2) is 0 Å². The van der Waals surface area contributed by atoms with Crippen LogP contribution in [0.3, 0.4) is 0 Å². The maximum absolute atomic E-state index is 12.8. The minimum absolute atomic E-state index is 0.0475. The van der Waals surface area contributed by atoms with Gasteiger partial charge in [-0.1, -0.05) is 47.5 Å². The van der Waals surface area contributed by atoms with Gasteiger partial charge in [-0.05, 0) is 149 Å². The largest absolute Gasteiger partial charge is 0.393 e. The Hall–Kier alpha value is -0.610. The van der Waals surface area contributed by atoms with Crippen molar-refractivity contribution in [1.82, 2.24) is 10.2 Å². The summed E-state index contributed by atoms with van der Waals surface area (Å²) in [6, 6.07) is 0. The van der Waals surface area contributed by atoms with E-state index in [1.807, 2.05) is 0 Å². The molecule has 9 atom stereocenters. The van der Waals surface area contributed by atoms with Crippen molar-refractivity contribution < 1.29 is 9.90 Å². The van der Waals surface area contributed by atoms with E-state index in [0.29, 0.717) is 23.2 Å². The zero-order valence-electron chi connectivity index (χ0n) is 26.5. The molecule has 4 aliphatic carbocycles. The molecular weight excluding hydrogens is 480 g/mol. The van der Waals surface area contributed by atoms with E-state index in [1.165, 1.54) is 83.7 Å². The van der Waals surface area contributed by atoms with Crippen molar-refractivity contribution in [2.24, 2.45) is 46.3 Å². The molecule has 0 saturated heterocycles. The minimum Gasteiger partial charge on any atom is -0.393 e. The molecule has 0 aliphatic heterocycles. The van der Waals surface area contributed by atoms with Crippen molar-refractivity contribution in [2.45, 2.75) is 143 Å². The zero-order valence-corrected chi connectivity index (χ0v) is 26.5. The number of fused-ring (bicyclic) bond motifs is 5. The molecule has 4 nitrogen and oxygen atoms in total. The second kappa shape index (κ2) is 14.0. The highest BCUT2D eigenvalue weighted by Crippen LogP contribution is 2.68. The molecule has 39 heavy (non-hydrogen) atoms. The molecule has 4 unspecified atom stereocenters. The number of aliphatic hydroxyl groups excluding tert-OH is 1. The van der Waals surface area contributed by atoms with Crippen LogP contribution in [0, 0.1) is 46.3 Å². The molecule has 0 heterocycles. The lowest BCUT2D eigenvalue weighted by Crippen LogP contribution is -2.54. The summed E-state index contributed by atoms with van der Waals surface area (Å²) in [5.74, 6) is 5.09. The molecule has 0 aromatic carbocycles. The third-order valence-corrected chi connectivity index (χ3v) is 12.9. The third-order valence-electron chi connectivity index (χ3n) is 12.9. The van der Waals surface area contributed by atoms with Gasteiger partial charge in [0.05, 0.1) is 6.10 Å². The van der Waals surface area contributed by atoms with Gasteiger partial charge in [-0.15, -0.1) is 0 Å². The number of unbranched alkanes of at least 4 members (excludes halogenated alkanes) is 2. The molecule has 0 bridgehead atoms. The molecule has 0 radical (unpaired) electrons. The van der Waals surface area contributed by atoms with E-state index in [-0.39, 0.29) is 12.0 Å². The van der Waals surface area contributed by atoms with E-state index in [4.69, 9.17) is 0 Å². The highest BCUT2D eigenvalue weighted by atomic mass is 16.3. The van der Waals surface area contributed by atoms with E-state index in [9.17, 15) is 9.90 Å². The quantitative estimate of drug-likeness (QED) is 0.219. The molecule has 4 rings (SSSR count). The van der Waals surface area contributed by atoms with Gasteiger partial charge < -0.3 is 15.3 Å². The van der Waals surface area contributed by atoms with Crippen molar-refractivity contribution in [3.8, 4) is 0 Å². The van der Waals surface area contributed by atoms with Gasteiger partial charge in [0.1, 0.15) is 0 Å². The van der Waals surface area contributed by atoms with E-state index in [2.05, 4.69) is 44.8 Å². The Bertz CT molecular complexity index is 764. The Morgan fingerprint density at radius 3 is 2.28 bits per heavy atom. The normalized spacial score (nSPS) is 38.6. The van der Waals surface area contributed by atoms with Crippen molar-refractivity contribution in [3.05, 3.63) is 0 Å². The van der Waals surface area contributed by atoms with Crippen molar-refractivity contribution in [3.63, 3.8) is 0 Å². The predicted octanol–water partition coefficient (Wildman–Crippen LogP) is 7.83. The number of aliphatic hydroxyl groups is 1. The van der Waals surface area contributed by atoms with E-state index in [0.717, 1.165) is 68.4 Å². The number of amides is 1. The maximum Gasteiger partial charge on any atom is 0.220 e. The number of hydrogen-bond donors (Lipinski definition) is 2. The van der Waals surface area contributed by atoms with E-state index in [1.54, 1.807) is 0 Å². The van der Waals surface area contributed by atoms with Gasteiger partial charge in [-0.3, -0.25) is 4.79 Å². The number of nitrogens with zero attached hydrogens (tertiary/aromatic N) is 1. The summed E-state index contributed by atoms with van der Waals surface area (Å²) in [6.45, 7) is 16.6. The van der Waals surface area contributed by atoms with Gasteiger partial charge >= 0.3 is 0 Å². The molecule has 2 N–H and O–H groups in total. The monoisotopic (exact) mass is 544 g/mol. The maximum atomic E-state index is 12.8. The molecule has 4 heteroatoms. The number of nitrogens with one attached hydrogen (secondary N) is 1. The minimum atomic E-state index is -0.0475. The summed E-state index contributed by atoms with van der Waals surface area (Å²) in [4.78, 5) is 15.3. The molecule has 4 fully saturated rings. The van der Waals surface area contributed by atoms with E-state index >= 15 is 0 Å². The summed E-state index contributed by atoms with van der Waals surface area (Å²) in [5, 5.41) is 13.6. The van der Waals surface area contributed by atoms with Crippen LogP contribution in [-0.2, 0) is 4.79 Å². The first-order valence-electron chi connectivity index (χ1n) is 17.4. The zero-order chi connectivity index (χ0) is 28.0. The van der Waals surface area contributed by atoms with Crippen LogP contribution in [0.1, 0.15) is 137 Å². The molecule has 1 amide bonds. The molecule has 0 spiro atoms. The summed E-state index contributed by atoms with van der Waals surface area (Å²) >= 11 is 0. The van der Waals surface area contributed by atoms with Crippen LogP contribution < -0.4 is 5.32 Å². The van der Waals surface area contributed by atoms with E-state index < -0.39 is 0 Å². The van der Waals surface area contributed by atoms with Gasteiger partial charge in [0.25, 0.3) is 0 Å². The molecule has 4 aliphatic rings. The van der Waals surface area contributed by atoms with Crippen molar-refractivity contribution >= 4 is 5.91 Å². The second-order valence-electron chi connectivity index (χ2n) is 15.1. The fourth-order valence-electron chi connectivity index (χ4n) is 10.5. The van der Waals surface area contributed by atoms with Crippen LogP contribution in [-0.4, -0.2) is 48.2 Å². The van der Waals surface area contributed by atoms with Crippen LogP contribution in [0.15, 0.2) is 0 Å². The number of rotatable bonds is 14. The summed E-state index contributed by atoms with van der Waals surface area (Å²) in [7, 11) is 0. The van der Waals surface area contributed by atoms with Crippen LogP contribution in [0.5, 0.6) is 0 Å². The highest BCUT2D eigenvalue weighted by Gasteiger charge is 2.60. The molecule has 4 saturated carbocycles. The number of carbonyl (C=O) groups is 1. The molecule has 0 aromatic heterocycles. The fraction of sp³-hybridized carbons (Fsp3) is 0.971. The van der Waals surface area contributed by atoms with Crippen LogP contribution in [0.25, 0.3) is 0 Å². The Kier molecular flexibility index (Phi) is 11.3. The van der Waals surface area contributed by atoms with Crippen molar-refractivity contribution in [1.29, 1.82) is 0 Å². The van der Waals surface area contributed by atoms with Crippen LogP contribution >= 0.6 is 0 Å². The average molecular weight is 545 g/mol. The Labute approximate surface area is 241 Å². The number of carbonyl (C=O) groups excluding carboxylic acids is 1. The molecule has 0 aromatic rings. The van der Waals surface area contributed by atoms with Gasteiger partial charge in [0.2, 0.25) is 5.91 Å². The predicted molar refractivity (Wildman–Crippen MR) is 164 cm³/mol. The molecular formula is C35H64N2O2. The van der Waals surface area contributed by atoms with Gasteiger partial charge in [0.15, 0.2) is 0 Å². The Balaban J connectivity index is 1.22. The van der Waals surface area contributed by atoms with Crippen LogP contribution in [0.4, 0.5) is 0 Å². The lowest BCUT2D eigenvalue weighted by Gasteiger charge is -2.61. The van der Waals surface area contributed by atoms with Gasteiger partial charge in [0, 0.05) is 13.0 Å². The van der Waals surface area contributed by atoms with Crippen LogP contribution in [0.2, 0.25) is 0 Å². The smallest absolute Gasteiger partial charge is 0.220 e. The topological polar surface area (TPSA) is 52.6 Å². The molecule has 226 valence electrons. The average Bonchev–Trinajstić information content (AvgIpc) is 3.28. The summed E-state index contributed by atoms with van der Waals surface area (Å²) in [5.41, 5.74) is 0.934. The number of hydrogen-bond acceptors (Lipinski definition) is 3. The first-order valence-corrected chi connectivity index (χ1v) is 17.4.